The Morgan fingerprint density at radius 1 is 0.952 bits per heavy atom. The van der Waals surface area contributed by atoms with Crippen molar-refractivity contribution < 1.29 is 5.11 Å². The van der Waals surface area contributed by atoms with E-state index >= 15 is 0 Å². The number of aliphatic hydroxyl groups excluding tert-OH is 1. The first-order chi connectivity index (χ1) is 10.2. The molecule has 1 unspecified atom stereocenters. The van der Waals surface area contributed by atoms with Crippen LogP contribution in [0.3, 0.4) is 0 Å². The number of hydrogen-bond donors (Lipinski definition) is 1. The van der Waals surface area contributed by atoms with Crippen molar-refractivity contribution in [2.24, 2.45) is 0 Å². The van der Waals surface area contributed by atoms with Crippen molar-refractivity contribution in [2.75, 3.05) is 6.26 Å². The van der Waals surface area contributed by atoms with Crippen molar-refractivity contribution in [1.82, 2.24) is 0 Å². The number of aliphatic hydroxyl groups is 1. The fourth-order valence-corrected chi connectivity index (χ4v) is 3.14. The van der Waals surface area contributed by atoms with Crippen LogP contribution in [-0.4, -0.2) is 17.5 Å². The standard InChI is InChI=1S/C19H32OS/c1-17(20)12-9-7-5-3-4-6-8-10-13-18-14-11-15-19(16-18)21-2/h11,14-17,20H,3-10,12-13H2,1-2H3. The van der Waals surface area contributed by atoms with Crippen molar-refractivity contribution >= 4 is 11.8 Å². The molecule has 0 heterocycles. The molecule has 1 nitrogen and oxygen atoms in total. The summed E-state index contributed by atoms with van der Waals surface area (Å²) in [6.45, 7) is 1.88. The maximum absolute atomic E-state index is 9.18. The van der Waals surface area contributed by atoms with Crippen molar-refractivity contribution in [2.45, 2.75) is 82.1 Å². The number of benzene rings is 1. The van der Waals surface area contributed by atoms with Gasteiger partial charge in [-0.3, -0.25) is 0 Å². The van der Waals surface area contributed by atoms with Crippen molar-refractivity contribution in [3.8, 4) is 0 Å². The van der Waals surface area contributed by atoms with Crippen LogP contribution in [0.15, 0.2) is 29.2 Å². The minimum Gasteiger partial charge on any atom is -0.393 e. The first kappa shape index (κ1) is 18.6. The Morgan fingerprint density at radius 3 is 2.19 bits per heavy atom. The second-order valence-corrected chi connectivity index (χ2v) is 6.95. The molecule has 0 aliphatic heterocycles. The van der Waals surface area contributed by atoms with Crippen molar-refractivity contribution in [3.63, 3.8) is 0 Å². The highest BCUT2D eigenvalue weighted by Gasteiger charge is 1.98. The van der Waals surface area contributed by atoms with Crippen molar-refractivity contribution in [1.29, 1.82) is 0 Å². The summed E-state index contributed by atoms with van der Waals surface area (Å²) in [5.74, 6) is 0. The van der Waals surface area contributed by atoms with E-state index in [-0.39, 0.29) is 6.10 Å². The summed E-state index contributed by atoms with van der Waals surface area (Å²) in [6.07, 6.45) is 14.8. The summed E-state index contributed by atoms with van der Waals surface area (Å²) in [5.41, 5.74) is 1.49. The van der Waals surface area contributed by atoms with Gasteiger partial charge in [0.25, 0.3) is 0 Å². The van der Waals surface area contributed by atoms with Gasteiger partial charge in [0.2, 0.25) is 0 Å². The van der Waals surface area contributed by atoms with Crippen LogP contribution in [0.5, 0.6) is 0 Å². The van der Waals surface area contributed by atoms with Crippen molar-refractivity contribution in [3.05, 3.63) is 29.8 Å². The fourth-order valence-electron chi connectivity index (χ4n) is 2.66. The van der Waals surface area contributed by atoms with Gasteiger partial charge in [-0.15, -0.1) is 11.8 Å². The molecule has 1 atom stereocenters. The van der Waals surface area contributed by atoms with E-state index in [9.17, 15) is 5.11 Å². The first-order valence-electron chi connectivity index (χ1n) is 8.53. The molecule has 0 aromatic heterocycles. The van der Waals surface area contributed by atoms with Crippen LogP contribution in [0.1, 0.15) is 70.3 Å². The second kappa shape index (κ2) is 12.1. The molecule has 0 spiro atoms. The number of aryl methyl sites for hydroxylation is 1. The lowest BCUT2D eigenvalue weighted by molar-refractivity contribution is 0.180. The molecular weight excluding hydrogens is 276 g/mol. The van der Waals surface area contributed by atoms with Gasteiger partial charge < -0.3 is 5.11 Å². The average Bonchev–Trinajstić information content (AvgIpc) is 2.49. The number of hydrogen-bond acceptors (Lipinski definition) is 2. The fraction of sp³-hybridized carbons (Fsp3) is 0.684. The Morgan fingerprint density at radius 2 is 1.57 bits per heavy atom. The normalized spacial score (nSPS) is 12.5. The maximum atomic E-state index is 9.18. The quantitative estimate of drug-likeness (QED) is 0.386. The Balaban J connectivity index is 1.92. The number of unbranched alkanes of at least 4 members (excludes halogenated alkanes) is 7. The average molecular weight is 309 g/mol. The zero-order chi connectivity index (χ0) is 15.3. The second-order valence-electron chi connectivity index (χ2n) is 6.07. The molecule has 1 rings (SSSR count). The van der Waals surface area contributed by atoms with E-state index in [1.54, 1.807) is 0 Å². The highest BCUT2D eigenvalue weighted by molar-refractivity contribution is 7.98. The molecule has 0 amide bonds. The summed E-state index contributed by atoms with van der Waals surface area (Å²) < 4.78 is 0. The maximum Gasteiger partial charge on any atom is 0.0512 e. The van der Waals surface area contributed by atoms with Gasteiger partial charge in [0.1, 0.15) is 0 Å². The van der Waals surface area contributed by atoms with Crippen LogP contribution in [0.25, 0.3) is 0 Å². The molecule has 120 valence electrons. The van der Waals surface area contributed by atoms with Crippen LogP contribution in [0.4, 0.5) is 0 Å². The Hall–Kier alpha value is -0.470. The van der Waals surface area contributed by atoms with Gasteiger partial charge in [0, 0.05) is 4.90 Å². The van der Waals surface area contributed by atoms with Gasteiger partial charge in [-0.2, -0.15) is 0 Å². The van der Waals surface area contributed by atoms with E-state index in [1.807, 2.05) is 18.7 Å². The predicted molar refractivity (Wildman–Crippen MR) is 95.2 cm³/mol. The van der Waals surface area contributed by atoms with Crippen LogP contribution in [-0.2, 0) is 6.42 Å². The molecular formula is C19H32OS. The van der Waals surface area contributed by atoms with Gasteiger partial charge in [0.15, 0.2) is 0 Å². The Kier molecular flexibility index (Phi) is 10.7. The van der Waals surface area contributed by atoms with Crippen LogP contribution in [0.2, 0.25) is 0 Å². The van der Waals surface area contributed by atoms with E-state index in [0.29, 0.717) is 0 Å². The van der Waals surface area contributed by atoms with Crippen LogP contribution >= 0.6 is 11.8 Å². The van der Waals surface area contributed by atoms with Gasteiger partial charge in [-0.1, -0.05) is 57.1 Å². The minimum atomic E-state index is -0.116. The van der Waals surface area contributed by atoms with E-state index in [4.69, 9.17) is 0 Å². The monoisotopic (exact) mass is 308 g/mol. The molecule has 0 aliphatic rings. The molecule has 1 aromatic carbocycles. The summed E-state index contributed by atoms with van der Waals surface area (Å²) in [5, 5.41) is 9.18. The third-order valence-corrected chi connectivity index (χ3v) is 4.70. The molecule has 1 aromatic rings. The lowest BCUT2D eigenvalue weighted by Gasteiger charge is -2.05. The molecule has 0 fully saturated rings. The molecule has 0 radical (unpaired) electrons. The van der Waals surface area contributed by atoms with Gasteiger partial charge in [-0.05, 0) is 50.1 Å². The summed E-state index contributed by atoms with van der Waals surface area (Å²) in [6, 6.07) is 8.94. The zero-order valence-corrected chi connectivity index (χ0v) is 14.6. The Bertz CT molecular complexity index is 362. The van der Waals surface area contributed by atoms with Gasteiger partial charge >= 0.3 is 0 Å². The first-order valence-corrected chi connectivity index (χ1v) is 9.76. The summed E-state index contributed by atoms with van der Waals surface area (Å²) in [4.78, 5) is 1.38. The summed E-state index contributed by atoms with van der Waals surface area (Å²) in [7, 11) is 0. The van der Waals surface area contributed by atoms with E-state index in [1.165, 1.54) is 68.2 Å². The SMILES string of the molecule is CSc1cccc(CCCCCCCCCCC(C)O)c1. The molecule has 0 saturated heterocycles. The third kappa shape index (κ3) is 9.97. The summed E-state index contributed by atoms with van der Waals surface area (Å²) >= 11 is 1.83. The van der Waals surface area contributed by atoms with Crippen LogP contribution < -0.4 is 0 Å². The van der Waals surface area contributed by atoms with E-state index < -0.39 is 0 Å². The highest BCUT2D eigenvalue weighted by Crippen LogP contribution is 2.18. The molecule has 0 aliphatic carbocycles. The van der Waals surface area contributed by atoms with E-state index in [2.05, 4.69) is 30.5 Å². The van der Waals surface area contributed by atoms with Gasteiger partial charge in [0.05, 0.1) is 6.10 Å². The zero-order valence-electron chi connectivity index (χ0n) is 13.8. The van der Waals surface area contributed by atoms with Gasteiger partial charge in [-0.25, -0.2) is 0 Å². The largest absolute Gasteiger partial charge is 0.393 e. The lowest BCUT2D eigenvalue weighted by Crippen LogP contribution is -1.98. The Labute approximate surface area is 135 Å². The molecule has 0 saturated carbocycles. The van der Waals surface area contributed by atoms with Crippen LogP contribution in [0, 0.1) is 0 Å². The molecule has 2 heteroatoms. The molecule has 1 N–H and O–H groups in total. The molecule has 21 heavy (non-hydrogen) atoms. The molecule has 0 bridgehead atoms. The number of rotatable bonds is 12. The lowest BCUT2D eigenvalue weighted by atomic mass is 10.0. The van der Waals surface area contributed by atoms with E-state index in [0.717, 1.165) is 6.42 Å². The highest BCUT2D eigenvalue weighted by atomic mass is 32.2. The minimum absolute atomic E-state index is 0.116. The predicted octanol–water partition coefficient (Wildman–Crippen LogP) is 5.84. The third-order valence-electron chi connectivity index (χ3n) is 3.97. The number of thioether (sulfide) groups is 1. The smallest absolute Gasteiger partial charge is 0.0512 e. The topological polar surface area (TPSA) is 20.2 Å².